The van der Waals surface area contributed by atoms with Crippen molar-refractivity contribution in [2.24, 2.45) is 0 Å². The number of carbonyl (C=O) groups is 1. The van der Waals surface area contributed by atoms with Crippen molar-refractivity contribution in [3.05, 3.63) is 24.3 Å². The molecule has 0 spiro atoms. The van der Waals surface area contributed by atoms with E-state index in [2.05, 4.69) is 5.32 Å². The van der Waals surface area contributed by atoms with Crippen LogP contribution in [0.2, 0.25) is 0 Å². The van der Waals surface area contributed by atoms with Crippen LogP contribution in [0.15, 0.2) is 24.3 Å². The summed E-state index contributed by atoms with van der Waals surface area (Å²) >= 11 is 0. The Bertz CT molecular complexity index is 416. The second-order valence-corrected chi connectivity index (χ2v) is 4.41. The lowest BCUT2D eigenvalue weighted by atomic mass is 10.2. The lowest BCUT2D eigenvalue weighted by Crippen LogP contribution is -2.35. The smallest absolute Gasteiger partial charge is 0.258 e. The largest absolute Gasteiger partial charge is 0.497 e. The highest BCUT2D eigenvalue weighted by molar-refractivity contribution is 5.77. The molecule has 2 rings (SSSR count). The number of ether oxygens (including phenoxy) is 3. The highest BCUT2D eigenvalue weighted by Crippen LogP contribution is 2.18. The molecule has 0 aromatic heterocycles. The van der Waals surface area contributed by atoms with Crippen molar-refractivity contribution in [2.75, 3.05) is 26.9 Å². The maximum Gasteiger partial charge on any atom is 0.258 e. The van der Waals surface area contributed by atoms with Gasteiger partial charge in [-0.2, -0.15) is 0 Å². The van der Waals surface area contributed by atoms with Gasteiger partial charge in [0, 0.05) is 19.2 Å². The lowest BCUT2D eigenvalue weighted by molar-refractivity contribution is -0.123. The van der Waals surface area contributed by atoms with Crippen LogP contribution in [0, 0.1) is 0 Å². The van der Waals surface area contributed by atoms with Gasteiger partial charge in [-0.25, -0.2) is 0 Å². The SMILES string of the molecule is COc1cccc(OCC(=O)NC[C@@H]2CCCO2)c1. The van der Waals surface area contributed by atoms with E-state index >= 15 is 0 Å². The predicted octanol–water partition coefficient (Wildman–Crippen LogP) is 1.37. The zero-order valence-corrected chi connectivity index (χ0v) is 11.1. The van der Waals surface area contributed by atoms with E-state index in [1.807, 2.05) is 12.1 Å². The number of hydrogen-bond acceptors (Lipinski definition) is 4. The van der Waals surface area contributed by atoms with Gasteiger partial charge in [0.15, 0.2) is 6.61 Å². The third-order valence-corrected chi connectivity index (χ3v) is 2.96. The normalized spacial score (nSPS) is 18.1. The Morgan fingerprint density at radius 3 is 3.05 bits per heavy atom. The average Bonchev–Trinajstić information content (AvgIpc) is 2.96. The number of carbonyl (C=O) groups excluding carboxylic acids is 1. The molecular formula is C14H19NO4. The van der Waals surface area contributed by atoms with Crippen molar-refractivity contribution in [2.45, 2.75) is 18.9 Å². The van der Waals surface area contributed by atoms with Crippen LogP contribution >= 0.6 is 0 Å². The van der Waals surface area contributed by atoms with Gasteiger partial charge in [0.05, 0.1) is 13.2 Å². The zero-order chi connectivity index (χ0) is 13.5. The van der Waals surface area contributed by atoms with E-state index in [0.29, 0.717) is 18.0 Å². The summed E-state index contributed by atoms with van der Waals surface area (Å²) in [4.78, 5) is 11.6. The van der Waals surface area contributed by atoms with Gasteiger partial charge in [0.25, 0.3) is 5.91 Å². The molecule has 19 heavy (non-hydrogen) atoms. The second-order valence-electron chi connectivity index (χ2n) is 4.41. The molecule has 0 unspecified atom stereocenters. The summed E-state index contributed by atoms with van der Waals surface area (Å²) in [6.45, 7) is 1.35. The van der Waals surface area contributed by atoms with Crippen LogP contribution in [0.4, 0.5) is 0 Å². The van der Waals surface area contributed by atoms with E-state index in [1.165, 1.54) is 0 Å². The molecule has 1 amide bonds. The zero-order valence-electron chi connectivity index (χ0n) is 11.1. The summed E-state index contributed by atoms with van der Waals surface area (Å²) in [6.07, 6.45) is 2.23. The highest BCUT2D eigenvalue weighted by atomic mass is 16.5. The average molecular weight is 265 g/mol. The quantitative estimate of drug-likeness (QED) is 0.844. The van der Waals surface area contributed by atoms with E-state index in [0.717, 1.165) is 19.4 Å². The van der Waals surface area contributed by atoms with E-state index in [-0.39, 0.29) is 18.6 Å². The lowest BCUT2D eigenvalue weighted by Gasteiger charge is -2.11. The topological polar surface area (TPSA) is 56.8 Å². The van der Waals surface area contributed by atoms with E-state index in [1.54, 1.807) is 19.2 Å². The van der Waals surface area contributed by atoms with Crippen LogP contribution in [-0.2, 0) is 9.53 Å². The number of amides is 1. The summed E-state index contributed by atoms with van der Waals surface area (Å²) in [5.41, 5.74) is 0. The monoisotopic (exact) mass is 265 g/mol. The molecule has 0 bridgehead atoms. The molecule has 5 heteroatoms. The maximum atomic E-state index is 11.6. The standard InChI is InChI=1S/C14H19NO4/c1-17-11-4-2-5-12(8-11)19-10-14(16)15-9-13-6-3-7-18-13/h2,4-5,8,13H,3,6-7,9-10H2,1H3,(H,15,16)/t13-/m0/s1. The molecule has 0 aliphatic carbocycles. The number of nitrogens with one attached hydrogen (secondary N) is 1. The Balaban J connectivity index is 1.70. The Kier molecular flexibility index (Phi) is 5.03. The molecule has 1 aromatic carbocycles. The van der Waals surface area contributed by atoms with E-state index in [9.17, 15) is 4.79 Å². The van der Waals surface area contributed by atoms with Gasteiger partial charge >= 0.3 is 0 Å². The van der Waals surface area contributed by atoms with Gasteiger partial charge in [-0.1, -0.05) is 6.07 Å². The number of hydrogen-bond donors (Lipinski definition) is 1. The molecule has 1 saturated heterocycles. The molecule has 0 saturated carbocycles. The minimum absolute atomic E-state index is 0.000111. The first kappa shape index (κ1) is 13.7. The summed E-state index contributed by atoms with van der Waals surface area (Å²) in [5.74, 6) is 1.18. The van der Waals surface area contributed by atoms with Crippen LogP contribution in [0.1, 0.15) is 12.8 Å². The number of benzene rings is 1. The van der Waals surface area contributed by atoms with Crippen LogP contribution < -0.4 is 14.8 Å². The molecule has 5 nitrogen and oxygen atoms in total. The van der Waals surface area contributed by atoms with Crippen LogP contribution in [0.5, 0.6) is 11.5 Å². The molecular weight excluding hydrogens is 246 g/mol. The predicted molar refractivity (Wildman–Crippen MR) is 70.5 cm³/mol. The molecule has 1 aliphatic heterocycles. The fraction of sp³-hybridized carbons (Fsp3) is 0.500. The molecule has 1 N–H and O–H groups in total. The Labute approximate surface area is 112 Å². The maximum absolute atomic E-state index is 11.6. The molecule has 1 atom stereocenters. The van der Waals surface area contributed by atoms with Crippen LogP contribution in [0.25, 0.3) is 0 Å². The van der Waals surface area contributed by atoms with Crippen LogP contribution in [0.3, 0.4) is 0 Å². The summed E-state index contributed by atoms with van der Waals surface area (Å²) in [5, 5.41) is 2.80. The van der Waals surface area contributed by atoms with Gasteiger partial charge < -0.3 is 19.5 Å². The van der Waals surface area contributed by atoms with Crippen molar-refractivity contribution in [3.63, 3.8) is 0 Å². The third kappa shape index (κ3) is 4.44. The minimum Gasteiger partial charge on any atom is -0.497 e. The van der Waals surface area contributed by atoms with Gasteiger partial charge in [-0.3, -0.25) is 4.79 Å². The molecule has 1 fully saturated rings. The van der Waals surface area contributed by atoms with Crippen molar-refractivity contribution < 1.29 is 19.0 Å². The number of methoxy groups -OCH3 is 1. The first-order valence-electron chi connectivity index (χ1n) is 6.43. The van der Waals surface area contributed by atoms with Crippen molar-refractivity contribution >= 4 is 5.91 Å². The fourth-order valence-electron chi connectivity index (χ4n) is 1.92. The molecule has 0 radical (unpaired) electrons. The van der Waals surface area contributed by atoms with Crippen molar-refractivity contribution in [3.8, 4) is 11.5 Å². The van der Waals surface area contributed by atoms with Gasteiger partial charge in [-0.05, 0) is 25.0 Å². The van der Waals surface area contributed by atoms with Gasteiger partial charge in [-0.15, -0.1) is 0 Å². The van der Waals surface area contributed by atoms with Gasteiger partial charge in [0.1, 0.15) is 11.5 Å². The summed E-state index contributed by atoms with van der Waals surface area (Å²) in [7, 11) is 1.59. The second kappa shape index (κ2) is 6.99. The Morgan fingerprint density at radius 2 is 2.32 bits per heavy atom. The summed E-state index contributed by atoms with van der Waals surface area (Å²) < 4.78 is 15.9. The first-order chi connectivity index (χ1) is 9.28. The van der Waals surface area contributed by atoms with Gasteiger partial charge in [0.2, 0.25) is 0 Å². The fourth-order valence-corrected chi connectivity index (χ4v) is 1.92. The molecule has 1 aliphatic rings. The Hall–Kier alpha value is -1.75. The molecule has 104 valence electrons. The summed E-state index contributed by atoms with van der Waals surface area (Å²) in [6, 6.07) is 7.17. The minimum atomic E-state index is -0.140. The Morgan fingerprint density at radius 1 is 1.47 bits per heavy atom. The molecule has 1 heterocycles. The van der Waals surface area contributed by atoms with Crippen LogP contribution in [-0.4, -0.2) is 38.9 Å². The van der Waals surface area contributed by atoms with E-state index < -0.39 is 0 Å². The van der Waals surface area contributed by atoms with Crippen molar-refractivity contribution in [1.82, 2.24) is 5.32 Å². The highest BCUT2D eigenvalue weighted by Gasteiger charge is 2.16. The molecule has 1 aromatic rings. The van der Waals surface area contributed by atoms with E-state index in [4.69, 9.17) is 14.2 Å². The van der Waals surface area contributed by atoms with Crippen molar-refractivity contribution in [1.29, 1.82) is 0 Å². The number of rotatable bonds is 6. The third-order valence-electron chi connectivity index (χ3n) is 2.96. The first-order valence-corrected chi connectivity index (χ1v) is 6.43.